The maximum absolute atomic E-state index is 13.4. The summed E-state index contributed by atoms with van der Waals surface area (Å²) in [7, 11) is 0. The van der Waals surface area contributed by atoms with E-state index in [1.807, 2.05) is 6.92 Å². The van der Waals surface area contributed by atoms with Crippen molar-refractivity contribution in [3.05, 3.63) is 29.6 Å². The quantitative estimate of drug-likeness (QED) is 0.928. The van der Waals surface area contributed by atoms with Gasteiger partial charge in [-0.3, -0.25) is 0 Å². The number of nitrogens with two attached hydrogens (primary N) is 1. The van der Waals surface area contributed by atoms with Gasteiger partial charge in [0.1, 0.15) is 5.82 Å². The molecule has 6 heteroatoms. The fraction of sp³-hybridized carbons (Fsp3) is 0.533. The van der Waals surface area contributed by atoms with Crippen LogP contribution in [0.2, 0.25) is 0 Å². The summed E-state index contributed by atoms with van der Waals surface area (Å²) < 4.78 is 18.4. The Morgan fingerprint density at radius 2 is 2.05 bits per heavy atom. The molecular formula is C15H22FN3O2. The molecule has 1 heterocycles. The van der Waals surface area contributed by atoms with Gasteiger partial charge in [-0.25, -0.2) is 9.18 Å². The van der Waals surface area contributed by atoms with Crippen LogP contribution in [-0.2, 0) is 4.74 Å². The van der Waals surface area contributed by atoms with Crippen LogP contribution in [0, 0.1) is 5.82 Å². The molecule has 5 nitrogen and oxygen atoms in total. The van der Waals surface area contributed by atoms with Crippen molar-refractivity contribution in [1.82, 2.24) is 4.90 Å². The first-order chi connectivity index (χ1) is 10.0. The maximum atomic E-state index is 13.4. The smallest absolute Gasteiger partial charge is 0.409 e. The minimum atomic E-state index is -0.281. The van der Waals surface area contributed by atoms with Gasteiger partial charge in [-0.05, 0) is 37.6 Å². The van der Waals surface area contributed by atoms with E-state index in [0.29, 0.717) is 32.8 Å². The predicted molar refractivity (Wildman–Crippen MR) is 79.8 cm³/mol. The van der Waals surface area contributed by atoms with Crippen molar-refractivity contribution in [1.29, 1.82) is 0 Å². The number of benzene rings is 1. The minimum Gasteiger partial charge on any atom is -0.450 e. The first-order valence-electron chi connectivity index (χ1n) is 7.24. The van der Waals surface area contributed by atoms with Crippen LogP contribution in [0.15, 0.2) is 18.2 Å². The van der Waals surface area contributed by atoms with Gasteiger partial charge in [0, 0.05) is 37.9 Å². The summed E-state index contributed by atoms with van der Waals surface area (Å²) >= 11 is 0. The first-order valence-corrected chi connectivity index (χ1v) is 7.24. The Morgan fingerprint density at radius 1 is 1.38 bits per heavy atom. The summed E-state index contributed by atoms with van der Waals surface area (Å²) in [5.41, 5.74) is 7.66. The van der Waals surface area contributed by atoms with Gasteiger partial charge >= 0.3 is 6.09 Å². The monoisotopic (exact) mass is 295 g/mol. The molecule has 1 aromatic rings. The van der Waals surface area contributed by atoms with E-state index in [1.165, 1.54) is 12.1 Å². The standard InChI is InChI=1S/C15H22FN3O2/c1-3-21-15(20)19-8-6-18(7-9-19)14-5-4-12(16)10-13(14)11(2)17/h4-5,10-11H,3,6-9,17H2,1-2H3/t11-/m0/s1. The van der Waals surface area contributed by atoms with Crippen molar-refractivity contribution in [2.24, 2.45) is 5.73 Å². The Kier molecular flexibility index (Phi) is 5.01. The number of halogens is 1. The molecule has 0 spiro atoms. The van der Waals surface area contributed by atoms with Crippen LogP contribution in [0.1, 0.15) is 25.5 Å². The molecule has 2 rings (SSSR count). The van der Waals surface area contributed by atoms with Crippen LogP contribution in [0.4, 0.5) is 14.9 Å². The van der Waals surface area contributed by atoms with E-state index in [-0.39, 0.29) is 18.0 Å². The Labute approximate surface area is 124 Å². The van der Waals surface area contributed by atoms with Gasteiger partial charge in [-0.1, -0.05) is 0 Å². The molecule has 1 fully saturated rings. The van der Waals surface area contributed by atoms with Crippen LogP contribution in [0.5, 0.6) is 0 Å². The molecule has 1 aliphatic rings. The van der Waals surface area contributed by atoms with E-state index < -0.39 is 0 Å². The highest BCUT2D eigenvalue weighted by Gasteiger charge is 2.24. The van der Waals surface area contributed by atoms with Gasteiger partial charge in [0.25, 0.3) is 0 Å². The molecule has 1 aromatic carbocycles. The highest BCUT2D eigenvalue weighted by Crippen LogP contribution is 2.27. The summed E-state index contributed by atoms with van der Waals surface area (Å²) in [5.74, 6) is -0.281. The number of carbonyl (C=O) groups excluding carboxylic acids is 1. The molecule has 0 aliphatic carbocycles. The molecule has 0 saturated carbocycles. The summed E-state index contributed by atoms with van der Waals surface area (Å²) in [5, 5.41) is 0. The third-order valence-corrected chi connectivity index (χ3v) is 3.63. The molecule has 0 radical (unpaired) electrons. The van der Waals surface area contributed by atoms with Gasteiger partial charge < -0.3 is 20.3 Å². The highest BCUT2D eigenvalue weighted by atomic mass is 19.1. The van der Waals surface area contributed by atoms with Crippen LogP contribution in [-0.4, -0.2) is 43.8 Å². The molecule has 0 bridgehead atoms. The Morgan fingerprint density at radius 3 is 2.62 bits per heavy atom. The second-order valence-electron chi connectivity index (χ2n) is 5.16. The van der Waals surface area contributed by atoms with Gasteiger partial charge in [0.15, 0.2) is 0 Å². The SMILES string of the molecule is CCOC(=O)N1CCN(c2ccc(F)cc2[C@H](C)N)CC1. The second kappa shape index (κ2) is 6.76. The lowest BCUT2D eigenvalue weighted by molar-refractivity contribution is 0.105. The molecule has 1 saturated heterocycles. The third kappa shape index (κ3) is 3.64. The number of piperazine rings is 1. The van der Waals surface area contributed by atoms with Gasteiger partial charge in [-0.15, -0.1) is 0 Å². The topological polar surface area (TPSA) is 58.8 Å². The average molecular weight is 295 g/mol. The van der Waals surface area contributed by atoms with Gasteiger partial charge in [-0.2, -0.15) is 0 Å². The fourth-order valence-electron chi connectivity index (χ4n) is 2.52. The number of hydrogen-bond acceptors (Lipinski definition) is 4. The number of hydrogen-bond donors (Lipinski definition) is 1. The molecule has 1 atom stereocenters. The number of nitrogens with zero attached hydrogens (tertiary/aromatic N) is 2. The summed E-state index contributed by atoms with van der Waals surface area (Å²) in [6.07, 6.45) is -0.274. The van der Waals surface area contributed by atoms with Crippen molar-refractivity contribution in [3.63, 3.8) is 0 Å². The molecule has 21 heavy (non-hydrogen) atoms. The molecule has 2 N–H and O–H groups in total. The average Bonchev–Trinajstić information content (AvgIpc) is 2.47. The molecule has 0 unspecified atom stereocenters. The fourth-order valence-corrected chi connectivity index (χ4v) is 2.52. The zero-order valence-corrected chi connectivity index (χ0v) is 12.5. The molecule has 1 amide bonds. The lowest BCUT2D eigenvalue weighted by Crippen LogP contribution is -2.49. The maximum Gasteiger partial charge on any atom is 0.409 e. The van der Waals surface area contributed by atoms with Crippen molar-refractivity contribution in [2.45, 2.75) is 19.9 Å². The zero-order chi connectivity index (χ0) is 15.4. The van der Waals surface area contributed by atoms with Crippen LogP contribution >= 0.6 is 0 Å². The third-order valence-electron chi connectivity index (χ3n) is 3.63. The normalized spacial score (nSPS) is 16.8. The lowest BCUT2D eigenvalue weighted by atomic mass is 10.0. The second-order valence-corrected chi connectivity index (χ2v) is 5.16. The van der Waals surface area contributed by atoms with E-state index >= 15 is 0 Å². The van der Waals surface area contributed by atoms with Crippen molar-refractivity contribution < 1.29 is 13.9 Å². The Balaban J connectivity index is 2.07. The van der Waals surface area contributed by atoms with Crippen LogP contribution in [0.3, 0.4) is 0 Å². The van der Waals surface area contributed by atoms with E-state index in [1.54, 1.807) is 17.9 Å². The Bertz CT molecular complexity index is 500. The number of amides is 1. The summed E-state index contributed by atoms with van der Waals surface area (Å²) in [4.78, 5) is 15.5. The van der Waals surface area contributed by atoms with Gasteiger partial charge in [0.05, 0.1) is 6.61 Å². The number of carbonyl (C=O) groups is 1. The van der Waals surface area contributed by atoms with Gasteiger partial charge in [0.2, 0.25) is 0 Å². The van der Waals surface area contributed by atoms with E-state index in [0.717, 1.165) is 11.3 Å². The molecule has 0 aromatic heterocycles. The van der Waals surface area contributed by atoms with E-state index in [4.69, 9.17) is 10.5 Å². The minimum absolute atomic E-state index is 0.237. The Hall–Kier alpha value is -1.82. The number of anilines is 1. The number of rotatable bonds is 3. The molecular weight excluding hydrogens is 273 g/mol. The van der Waals surface area contributed by atoms with Crippen molar-refractivity contribution in [2.75, 3.05) is 37.7 Å². The van der Waals surface area contributed by atoms with Crippen LogP contribution in [0.25, 0.3) is 0 Å². The highest BCUT2D eigenvalue weighted by molar-refractivity contribution is 5.68. The van der Waals surface area contributed by atoms with E-state index in [2.05, 4.69) is 4.90 Å². The molecule has 116 valence electrons. The van der Waals surface area contributed by atoms with Crippen LogP contribution < -0.4 is 10.6 Å². The zero-order valence-electron chi connectivity index (χ0n) is 12.5. The number of ether oxygens (including phenoxy) is 1. The van der Waals surface area contributed by atoms with Crippen molar-refractivity contribution >= 4 is 11.8 Å². The summed E-state index contributed by atoms with van der Waals surface area (Å²) in [6, 6.07) is 4.45. The molecule has 1 aliphatic heterocycles. The summed E-state index contributed by atoms with van der Waals surface area (Å²) in [6.45, 7) is 6.57. The lowest BCUT2D eigenvalue weighted by Gasteiger charge is -2.36. The largest absolute Gasteiger partial charge is 0.450 e. The van der Waals surface area contributed by atoms with Crippen molar-refractivity contribution in [3.8, 4) is 0 Å². The first kappa shape index (κ1) is 15.6. The predicted octanol–water partition coefficient (Wildman–Crippen LogP) is 2.12. The van der Waals surface area contributed by atoms with E-state index in [9.17, 15) is 9.18 Å².